The van der Waals surface area contributed by atoms with Crippen molar-refractivity contribution in [3.05, 3.63) is 35.4 Å². The van der Waals surface area contributed by atoms with E-state index in [9.17, 15) is 4.79 Å². The summed E-state index contributed by atoms with van der Waals surface area (Å²) in [6.07, 6.45) is 19.1. The summed E-state index contributed by atoms with van der Waals surface area (Å²) in [6, 6.07) is 8.73. The van der Waals surface area contributed by atoms with Crippen molar-refractivity contribution in [2.75, 3.05) is 0 Å². The first-order valence-corrected chi connectivity index (χ1v) is 16.9. The molecule has 7 unspecified atom stereocenters. The summed E-state index contributed by atoms with van der Waals surface area (Å²) in [7, 11) is 0. The van der Waals surface area contributed by atoms with E-state index in [4.69, 9.17) is 0 Å². The van der Waals surface area contributed by atoms with E-state index >= 15 is 0 Å². The van der Waals surface area contributed by atoms with Gasteiger partial charge in [0.1, 0.15) is 0 Å². The standard InChI is InChI=1S/C37H59NO/c1-7-27-24-30-32-20-19-29(36(32,5)23-21-33(30)37(6)22-11-10-13-31(27)37)12-8-9-14-34(39)38-25-26-15-17-28(18-16-26)35(2,3)4/h15-18,27,29-33H,7-14,19-25H2,1-6H3,(H,38,39)/t27-,29?,30?,31?,32?,33?,36?,37?/m0/s1. The molecular formula is C37H59NO. The minimum absolute atomic E-state index is 0.169. The Morgan fingerprint density at radius 2 is 1.64 bits per heavy atom. The van der Waals surface area contributed by atoms with Crippen LogP contribution in [0.5, 0.6) is 0 Å². The van der Waals surface area contributed by atoms with Crippen molar-refractivity contribution in [3.63, 3.8) is 0 Å². The minimum atomic E-state index is 0.169. The molecule has 2 nitrogen and oxygen atoms in total. The number of unbranched alkanes of at least 4 members (excludes halogenated alkanes) is 1. The molecule has 1 N–H and O–H groups in total. The Morgan fingerprint density at radius 1 is 0.897 bits per heavy atom. The van der Waals surface area contributed by atoms with Crippen LogP contribution in [-0.2, 0) is 16.8 Å². The van der Waals surface area contributed by atoms with Gasteiger partial charge in [-0.25, -0.2) is 0 Å². The van der Waals surface area contributed by atoms with Gasteiger partial charge in [0, 0.05) is 13.0 Å². The zero-order chi connectivity index (χ0) is 27.8. The summed E-state index contributed by atoms with van der Waals surface area (Å²) in [5.41, 5.74) is 3.89. The molecule has 0 aromatic heterocycles. The molecule has 4 aliphatic carbocycles. The molecule has 8 atom stereocenters. The first kappa shape index (κ1) is 29.2. The zero-order valence-corrected chi connectivity index (χ0v) is 26.3. The highest BCUT2D eigenvalue weighted by molar-refractivity contribution is 5.75. The number of hydrogen-bond donors (Lipinski definition) is 1. The molecular weight excluding hydrogens is 474 g/mol. The van der Waals surface area contributed by atoms with E-state index in [1.807, 2.05) is 0 Å². The van der Waals surface area contributed by atoms with Crippen molar-refractivity contribution in [2.45, 2.75) is 143 Å². The third kappa shape index (κ3) is 5.74. The molecule has 0 heterocycles. The van der Waals surface area contributed by atoms with Crippen LogP contribution >= 0.6 is 0 Å². The Morgan fingerprint density at radius 3 is 2.36 bits per heavy atom. The van der Waals surface area contributed by atoms with Crippen molar-refractivity contribution < 1.29 is 4.79 Å². The van der Waals surface area contributed by atoms with Gasteiger partial charge in [0.25, 0.3) is 0 Å². The molecule has 2 heteroatoms. The van der Waals surface area contributed by atoms with Crippen LogP contribution in [0.25, 0.3) is 0 Å². The quantitative estimate of drug-likeness (QED) is 0.331. The monoisotopic (exact) mass is 533 g/mol. The molecule has 1 aromatic carbocycles. The number of fused-ring (bicyclic) bond motifs is 5. The van der Waals surface area contributed by atoms with Gasteiger partial charge in [-0.2, -0.15) is 0 Å². The molecule has 0 saturated heterocycles. The van der Waals surface area contributed by atoms with Crippen molar-refractivity contribution in [1.82, 2.24) is 5.32 Å². The third-order valence-electron chi connectivity index (χ3n) is 13.0. The Balaban J connectivity index is 1.09. The van der Waals surface area contributed by atoms with E-state index in [1.54, 1.807) is 0 Å². The highest BCUT2D eigenvalue weighted by Gasteiger charge is 2.60. The van der Waals surface area contributed by atoms with Gasteiger partial charge in [-0.3, -0.25) is 4.79 Å². The van der Waals surface area contributed by atoms with Crippen molar-refractivity contribution in [2.24, 2.45) is 46.3 Å². The second kappa shape index (κ2) is 11.5. The largest absolute Gasteiger partial charge is 0.352 e. The lowest BCUT2D eigenvalue weighted by atomic mass is 9.42. The predicted molar refractivity (Wildman–Crippen MR) is 164 cm³/mol. The molecule has 4 fully saturated rings. The van der Waals surface area contributed by atoms with Crippen molar-refractivity contribution in [3.8, 4) is 0 Å². The Hall–Kier alpha value is -1.31. The average molecular weight is 534 g/mol. The normalized spacial score (nSPS) is 38.0. The van der Waals surface area contributed by atoms with Crippen molar-refractivity contribution >= 4 is 5.91 Å². The first-order chi connectivity index (χ1) is 18.6. The van der Waals surface area contributed by atoms with Crippen LogP contribution in [0, 0.1) is 46.3 Å². The van der Waals surface area contributed by atoms with Crippen molar-refractivity contribution in [1.29, 1.82) is 0 Å². The number of carbonyl (C=O) groups excluding carboxylic acids is 1. The molecule has 4 aliphatic rings. The van der Waals surface area contributed by atoms with Crippen LogP contribution in [0.4, 0.5) is 0 Å². The van der Waals surface area contributed by atoms with Gasteiger partial charge in [0.2, 0.25) is 5.91 Å². The van der Waals surface area contributed by atoms with Crippen LogP contribution in [0.15, 0.2) is 24.3 Å². The lowest BCUT2D eigenvalue weighted by Gasteiger charge is -2.62. The highest BCUT2D eigenvalue weighted by atomic mass is 16.1. The summed E-state index contributed by atoms with van der Waals surface area (Å²) >= 11 is 0. The van der Waals surface area contributed by atoms with E-state index in [0.717, 1.165) is 41.9 Å². The summed E-state index contributed by atoms with van der Waals surface area (Å²) in [5.74, 6) is 6.03. The van der Waals surface area contributed by atoms with Crippen LogP contribution in [0.2, 0.25) is 0 Å². The van der Waals surface area contributed by atoms with E-state index in [1.165, 1.54) is 88.2 Å². The lowest BCUT2D eigenvalue weighted by Crippen LogP contribution is -2.55. The molecule has 39 heavy (non-hydrogen) atoms. The molecule has 4 saturated carbocycles. The maximum atomic E-state index is 12.6. The fourth-order valence-corrected chi connectivity index (χ4v) is 10.7. The van der Waals surface area contributed by atoms with E-state index < -0.39 is 0 Å². The predicted octanol–water partition coefficient (Wildman–Crippen LogP) is 9.85. The average Bonchev–Trinajstić information content (AvgIpc) is 3.25. The van der Waals surface area contributed by atoms with Crippen LogP contribution in [0.1, 0.15) is 143 Å². The number of rotatable bonds is 8. The molecule has 0 aliphatic heterocycles. The van der Waals surface area contributed by atoms with Crippen LogP contribution in [0.3, 0.4) is 0 Å². The maximum Gasteiger partial charge on any atom is 0.220 e. The number of hydrogen-bond acceptors (Lipinski definition) is 1. The smallest absolute Gasteiger partial charge is 0.220 e. The third-order valence-corrected chi connectivity index (χ3v) is 13.0. The molecule has 5 rings (SSSR count). The second-order valence-electron chi connectivity index (χ2n) is 15.9. The maximum absolute atomic E-state index is 12.6. The van der Waals surface area contributed by atoms with Gasteiger partial charge >= 0.3 is 0 Å². The zero-order valence-electron chi connectivity index (χ0n) is 26.3. The summed E-state index contributed by atoms with van der Waals surface area (Å²) in [5, 5.41) is 3.17. The number of carbonyl (C=O) groups is 1. The molecule has 0 radical (unpaired) electrons. The van der Waals surface area contributed by atoms with Crippen LogP contribution in [-0.4, -0.2) is 5.91 Å². The molecule has 0 bridgehead atoms. The van der Waals surface area contributed by atoms with Gasteiger partial charge in [-0.15, -0.1) is 0 Å². The topological polar surface area (TPSA) is 29.1 Å². The Labute approximate surface area is 240 Å². The number of nitrogens with one attached hydrogen (secondary N) is 1. The lowest BCUT2D eigenvalue weighted by molar-refractivity contribution is -0.135. The Kier molecular flexibility index (Phi) is 8.62. The highest BCUT2D eigenvalue weighted by Crippen LogP contribution is 2.69. The second-order valence-corrected chi connectivity index (χ2v) is 15.9. The summed E-state index contributed by atoms with van der Waals surface area (Å²) in [4.78, 5) is 12.6. The van der Waals surface area contributed by atoms with Gasteiger partial charge in [-0.05, 0) is 121 Å². The van der Waals surface area contributed by atoms with Gasteiger partial charge < -0.3 is 5.32 Å². The molecule has 0 spiro atoms. The molecule has 218 valence electrons. The number of amides is 1. The minimum Gasteiger partial charge on any atom is -0.352 e. The fourth-order valence-electron chi connectivity index (χ4n) is 10.7. The molecule has 1 aromatic rings. The fraction of sp³-hybridized carbons (Fsp3) is 0.811. The molecule has 1 amide bonds. The Bertz CT molecular complexity index is 974. The first-order valence-electron chi connectivity index (χ1n) is 16.9. The number of benzene rings is 1. The summed E-state index contributed by atoms with van der Waals surface area (Å²) in [6.45, 7) is 15.3. The summed E-state index contributed by atoms with van der Waals surface area (Å²) < 4.78 is 0. The van der Waals surface area contributed by atoms with Gasteiger partial charge in [0.15, 0.2) is 0 Å². The van der Waals surface area contributed by atoms with E-state index in [-0.39, 0.29) is 11.3 Å². The van der Waals surface area contributed by atoms with Gasteiger partial charge in [0.05, 0.1) is 0 Å². The SMILES string of the molecule is CC[C@H]1CC2C3CCC(CCCCC(=O)NCc4ccc(C(C)(C)C)cc4)C3(C)CCC2C2(C)CCCCC12. The van der Waals surface area contributed by atoms with Crippen LogP contribution < -0.4 is 5.32 Å². The van der Waals surface area contributed by atoms with E-state index in [0.29, 0.717) is 23.8 Å². The van der Waals surface area contributed by atoms with Gasteiger partial charge in [-0.1, -0.05) is 91.5 Å². The van der Waals surface area contributed by atoms with E-state index in [2.05, 4.69) is 71.1 Å².